The van der Waals surface area contributed by atoms with Crippen LogP contribution >= 0.6 is 12.6 Å². The van der Waals surface area contributed by atoms with Crippen molar-refractivity contribution in [2.45, 2.75) is 18.9 Å². The molecule has 0 aliphatic carbocycles. The molecular formula is C7H16O2S. The molecule has 0 rings (SSSR count). The van der Waals surface area contributed by atoms with Crippen molar-refractivity contribution >= 4 is 12.6 Å². The molecule has 3 heteroatoms. The van der Waals surface area contributed by atoms with Gasteiger partial charge in [-0.15, -0.1) is 0 Å². The summed E-state index contributed by atoms with van der Waals surface area (Å²) in [7, 11) is 3.43. The van der Waals surface area contributed by atoms with Gasteiger partial charge in [0.1, 0.15) is 0 Å². The highest BCUT2D eigenvalue weighted by Crippen LogP contribution is 2.02. The second-order valence-electron chi connectivity index (χ2n) is 2.18. The molecule has 1 atom stereocenters. The van der Waals surface area contributed by atoms with Crippen LogP contribution in [0.25, 0.3) is 0 Å². The summed E-state index contributed by atoms with van der Waals surface area (Å²) in [6, 6.07) is 0. The van der Waals surface area contributed by atoms with Crippen molar-refractivity contribution in [1.82, 2.24) is 0 Å². The van der Waals surface area contributed by atoms with Crippen LogP contribution in [-0.2, 0) is 9.47 Å². The Hall–Kier alpha value is 0.270. The van der Waals surface area contributed by atoms with Crippen molar-refractivity contribution in [2.75, 3.05) is 26.6 Å². The lowest BCUT2D eigenvalue weighted by atomic mass is 10.2. The molecule has 0 saturated carbocycles. The van der Waals surface area contributed by atoms with Crippen LogP contribution in [0.4, 0.5) is 0 Å². The van der Waals surface area contributed by atoms with E-state index in [1.807, 2.05) is 0 Å². The van der Waals surface area contributed by atoms with Crippen LogP contribution in [0.15, 0.2) is 0 Å². The monoisotopic (exact) mass is 164 g/mol. The molecule has 0 radical (unpaired) electrons. The topological polar surface area (TPSA) is 18.5 Å². The van der Waals surface area contributed by atoms with E-state index in [4.69, 9.17) is 9.47 Å². The summed E-state index contributed by atoms with van der Waals surface area (Å²) in [4.78, 5) is 0. The van der Waals surface area contributed by atoms with Gasteiger partial charge in [-0.05, 0) is 12.8 Å². The van der Waals surface area contributed by atoms with E-state index in [0.29, 0.717) is 6.10 Å². The highest BCUT2D eigenvalue weighted by atomic mass is 32.1. The smallest absolute Gasteiger partial charge is 0.0660 e. The Kier molecular flexibility index (Phi) is 7.58. The van der Waals surface area contributed by atoms with Crippen LogP contribution in [0.1, 0.15) is 12.8 Å². The number of hydrogen-bond acceptors (Lipinski definition) is 3. The maximum Gasteiger partial charge on any atom is 0.0660 e. The number of rotatable bonds is 6. The van der Waals surface area contributed by atoms with Crippen LogP contribution in [-0.4, -0.2) is 32.7 Å². The summed E-state index contributed by atoms with van der Waals surface area (Å²) >= 11 is 4.13. The Balaban J connectivity index is 3.09. The SMILES string of the molecule is COCCCC(CS)OC. The zero-order valence-corrected chi connectivity index (χ0v) is 7.56. The summed E-state index contributed by atoms with van der Waals surface area (Å²) in [5.41, 5.74) is 0. The van der Waals surface area contributed by atoms with Crippen LogP contribution in [0.2, 0.25) is 0 Å². The van der Waals surface area contributed by atoms with Crippen molar-refractivity contribution in [1.29, 1.82) is 0 Å². The zero-order chi connectivity index (χ0) is 7.82. The number of thiol groups is 1. The maximum absolute atomic E-state index is 5.11. The van der Waals surface area contributed by atoms with Gasteiger partial charge in [-0.3, -0.25) is 0 Å². The quantitative estimate of drug-likeness (QED) is 0.472. The highest BCUT2D eigenvalue weighted by Gasteiger charge is 2.02. The fraction of sp³-hybridized carbons (Fsp3) is 1.00. The van der Waals surface area contributed by atoms with Gasteiger partial charge in [-0.25, -0.2) is 0 Å². The molecule has 0 spiro atoms. The van der Waals surface area contributed by atoms with E-state index in [9.17, 15) is 0 Å². The van der Waals surface area contributed by atoms with E-state index in [2.05, 4.69) is 12.6 Å². The summed E-state index contributed by atoms with van der Waals surface area (Å²) in [6.45, 7) is 0.813. The first-order valence-electron chi connectivity index (χ1n) is 3.47. The molecule has 0 fully saturated rings. The minimum atomic E-state index is 0.290. The normalized spacial score (nSPS) is 13.5. The molecule has 0 aliphatic heterocycles. The zero-order valence-electron chi connectivity index (χ0n) is 6.67. The number of ether oxygens (including phenoxy) is 2. The van der Waals surface area contributed by atoms with E-state index in [-0.39, 0.29) is 0 Å². The predicted molar refractivity (Wildman–Crippen MR) is 45.8 cm³/mol. The van der Waals surface area contributed by atoms with E-state index >= 15 is 0 Å². The molecule has 0 N–H and O–H groups in total. The molecular weight excluding hydrogens is 148 g/mol. The van der Waals surface area contributed by atoms with Crippen LogP contribution in [0.3, 0.4) is 0 Å². The fourth-order valence-electron chi connectivity index (χ4n) is 0.739. The molecule has 0 saturated heterocycles. The van der Waals surface area contributed by atoms with Gasteiger partial charge in [0.15, 0.2) is 0 Å². The number of hydrogen-bond donors (Lipinski definition) is 1. The molecule has 2 nitrogen and oxygen atoms in total. The van der Waals surface area contributed by atoms with E-state index < -0.39 is 0 Å². The van der Waals surface area contributed by atoms with Crippen molar-refractivity contribution in [2.24, 2.45) is 0 Å². The van der Waals surface area contributed by atoms with Crippen molar-refractivity contribution in [3.05, 3.63) is 0 Å². The Bertz CT molecular complexity index is 64.6. The van der Waals surface area contributed by atoms with Gasteiger partial charge in [0.2, 0.25) is 0 Å². The third-order valence-corrected chi connectivity index (χ3v) is 1.82. The molecule has 0 aromatic carbocycles. The lowest BCUT2D eigenvalue weighted by Crippen LogP contribution is -2.12. The van der Waals surface area contributed by atoms with Crippen LogP contribution in [0, 0.1) is 0 Å². The lowest BCUT2D eigenvalue weighted by Gasteiger charge is -2.10. The molecule has 62 valence electrons. The van der Waals surface area contributed by atoms with Crippen molar-refractivity contribution < 1.29 is 9.47 Å². The lowest BCUT2D eigenvalue weighted by molar-refractivity contribution is 0.101. The van der Waals surface area contributed by atoms with Crippen LogP contribution < -0.4 is 0 Å². The summed E-state index contributed by atoms with van der Waals surface area (Å²) in [6.07, 6.45) is 2.38. The first kappa shape index (κ1) is 10.3. The number of methoxy groups -OCH3 is 2. The average molecular weight is 164 g/mol. The molecule has 10 heavy (non-hydrogen) atoms. The van der Waals surface area contributed by atoms with Crippen molar-refractivity contribution in [3.8, 4) is 0 Å². The Labute approximate surface area is 68.3 Å². The Morgan fingerprint density at radius 2 is 2.10 bits per heavy atom. The minimum Gasteiger partial charge on any atom is -0.385 e. The first-order valence-corrected chi connectivity index (χ1v) is 4.11. The second kappa shape index (κ2) is 7.38. The van der Waals surface area contributed by atoms with E-state index in [1.54, 1.807) is 14.2 Å². The van der Waals surface area contributed by atoms with Gasteiger partial charge in [0.05, 0.1) is 6.10 Å². The maximum atomic E-state index is 5.11. The summed E-state index contributed by atoms with van der Waals surface area (Å²) < 4.78 is 10.0. The van der Waals surface area contributed by atoms with E-state index in [0.717, 1.165) is 25.2 Å². The first-order chi connectivity index (χ1) is 4.85. The van der Waals surface area contributed by atoms with Crippen LogP contribution in [0.5, 0.6) is 0 Å². The Morgan fingerprint density at radius 3 is 2.50 bits per heavy atom. The highest BCUT2D eigenvalue weighted by molar-refractivity contribution is 7.80. The minimum absolute atomic E-state index is 0.290. The predicted octanol–water partition coefficient (Wildman–Crippen LogP) is 1.36. The molecule has 0 heterocycles. The van der Waals surface area contributed by atoms with Gasteiger partial charge in [-0.2, -0.15) is 12.6 Å². The molecule has 0 aromatic rings. The average Bonchev–Trinajstić information content (AvgIpc) is 1.99. The summed E-state index contributed by atoms with van der Waals surface area (Å²) in [5, 5.41) is 0. The molecule has 0 aliphatic rings. The Morgan fingerprint density at radius 1 is 1.40 bits per heavy atom. The van der Waals surface area contributed by atoms with Gasteiger partial charge in [-0.1, -0.05) is 0 Å². The van der Waals surface area contributed by atoms with Crippen molar-refractivity contribution in [3.63, 3.8) is 0 Å². The fourth-order valence-corrected chi connectivity index (χ4v) is 1.07. The third kappa shape index (κ3) is 5.09. The molecule has 0 aromatic heterocycles. The summed E-state index contributed by atoms with van der Waals surface area (Å²) in [5.74, 6) is 0.792. The largest absolute Gasteiger partial charge is 0.385 e. The van der Waals surface area contributed by atoms with Gasteiger partial charge in [0.25, 0.3) is 0 Å². The second-order valence-corrected chi connectivity index (χ2v) is 2.54. The van der Waals surface area contributed by atoms with E-state index in [1.165, 1.54) is 0 Å². The van der Waals surface area contributed by atoms with Gasteiger partial charge >= 0.3 is 0 Å². The third-order valence-electron chi connectivity index (χ3n) is 1.41. The molecule has 0 amide bonds. The molecule has 1 unspecified atom stereocenters. The van der Waals surface area contributed by atoms with Gasteiger partial charge < -0.3 is 9.47 Å². The van der Waals surface area contributed by atoms with Gasteiger partial charge in [0, 0.05) is 26.6 Å². The standard InChI is InChI=1S/C7H16O2S/c1-8-5-3-4-7(6-10)9-2/h7,10H,3-6H2,1-2H3. The molecule has 0 bridgehead atoms.